The summed E-state index contributed by atoms with van der Waals surface area (Å²) < 4.78 is 27.4. The monoisotopic (exact) mass is 258 g/mol. The van der Waals surface area contributed by atoms with Crippen molar-refractivity contribution in [2.24, 2.45) is 17.8 Å². The van der Waals surface area contributed by atoms with Crippen LogP contribution >= 0.6 is 0 Å². The molecule has 17 heavy (non-hydrogen) atoms. The van der Waals surface area contributed by atoms with Gasteiger partial charge in [-0.25, -0.2) is 13.1 Å². The molecule has 5 heteroatoms. The summed E-state index contributed by atoms with van der Waals surface area (Å²) in [4.78, 5) is 0. The van der Waals surface area contributed by atoms with Crippen molar-refractivity contribution in [1.82, 2.24) is 10.0 Å². The summed E-state index contributed by atoms with van der Waals surface area (Å²) >= 11 is 0. The van der Waals surface area contributed by atoms with Crippen LogP contribution in [-0.2, 0) is 10.0 Å². The van der Waals surface area contributed by atoms with Crippen molar-refractivity contribution < 1.29 is 8.42 Å². The van der Waals surface area contributed by atoms with Gasteiger partial charge in [0.05, 0.1) is 5.25 Å². The summed E-state index contributed by atoms with van der Waals surface area (Å²) in [6.07, 6.45) is 5.46. The predicted octanol–water partition coefficient (Wildman–Crippen LogP) is 0.704. The van der Waals surface area contributed by atoms with Crippen LogP contribution in [-0.4, -0.2) is 33.3 Å². The van der Waals surface area contributed by atoms with E-state index in [2.05, 4.69) is 10.0 Å². The Morgan fingerprint density at radius 3 is 2.59 bits per heavy atom. The lowest BCUT2D eigenvalue weighted by atomic mass is 9.79. The van der Waals surface area contributed by atoms with E-state index in [-0.39, 0.29) is 5.25 Å². The molecular weight excluding hydrogens is 236 g/mol. The maximum absolute atomic E-state index is 12.3. The number of hydrogen-bond acceptors (Lipinski definition) is 3. The van der Waals surface area contributed by atoms with Gasteiger partial charge in [0.1, 0.15) is 0 Å². The van der Waals surface area contributed by atoms with Crippen LogP contribution in [0.2, 0.25) is 0 Å². The molecule has 2 heterocycles. The largest absolute Gasteiger partial charge is 0.316 e. The van der Waals surface area contributed by atoms with E-state index in [4.69, 9.17) is 0 Å². The van der Waals surface area contributed by atoms with Gasteiger partial charge in [-0.2, -0.15) is 0 Å². The van der Waals surface area contributed by atoms with E-state index >= 15 is 0 Å². The first-order chi connectivity index (χ1) is 8.18. The molecule has 0 aromatic heterocycles. The lowest BCUT2D eigenvalue weighted by Gasteiger charge is -2.28. The van der Waals surface area contributed by atoms with Crippen molar-refractivity contribution in [2.45, 2.75) is 37.4 Å². The predicted molar refractivity (Wildman–Crippen MR) is 67.1 cm³/mol. The third kappa shape index (κ3) is 2.13. The Kier molecular flexibility index (Phi) is 3.17. The van der Waals surface area contributed by atoms with E-state index in [0.717, 1.165) is 32.4 Å². The summed E-state index contributed by atoms with van der Waals surface area (Å²) in [7, 11) is -3.06. The maximum Gasteiger partial charge on any atom is 0.214 e. The smallest absolute Gasteiger partial charge is 0.214 e. The topological polar surface area (TPSA) is 58.2 Å². The second-order valence-corrected chi connectivity index (χ2v) is 7.80. The van der Waals surface area contributed by atoms with Crippen LogP contribution in [0.15, 0.2) is 0 Å². The molecule has 0 aromatic carbocycles. The van der Waals surface area contributed by atoms with Gasteiger partial charge >= 0.3 is 0 Å². The highest BCUT2D eigenvalue weighted by molar-refractivity contribution is 7.90. The van der Waals surface area contributed by atoms with Crippen LogP contribution in [0.3, 0.4) is 0 Å². The molecule has 0 radical (unpaired) electrons. The van der Waals surface area contributed by atoms with Crippen molar-refractivity contribution in [3.05, 3.63) is 0 Å². The molecule has 98 valence electrons. The zero-order valence-electron chi connectivity index (χ0n) is 10.2. The average Bonchev–Trinajstić information content (AvgIpc) is 2.56. The van der Waals surface area contributed by atoms with Gasteiger partial charge in [-0.15, -0.1) is 0 Å². The highest BCUT2D eigenvalue weighted by atomic mass is 32.2. The Hall–Kier alpha value is -0.130. The van der Waals surface area contributed by atoms with Crippen LogP contribution in [0.5, 0.6) is 0 Å². The first kappa shape index (κ1) is 11.9. The van der Waals surface area contributed by atoms with Gasteiger partial charge in [0.15, 0.2) is 0 Å². The number of fused-ring (bicyclic) bond motifs is 3. The van der Waals surface area contributed by atoms with Gasteiger partial charge in [0.25, 0.3) is 0 Å². The standard InChI is InChI=1S/C12H22N2O2S/c15-17(16)12-5-3-1-2-4-10(12)11-8-13-6-9(11)7-14-17/h9-14H,1-8H2. The maximum atomic E-state index is 12.3. The summed E-state index contributed by atoms with van der Waals surface area (Å²) in [5.74, 6) is 1.47. The Balaban J connectivity index is 1.94. The molecule has 2 aliphatic heterocycles. The molecule has 3 aliphatic rings. The van der Waals surface area contributed by atoms with Gasteiger partial charge < -0.3 is 5.32 Å². The highest BCUT2D eigenvalue weighted by Crippen LogP contribution is 2.39. The molecule has 0 aromatic rings. The summed E-state index contributed by atoms with van der Waals surface area (Å²) in [6, 6.07) is 0. The van der Waals surface area contributed by atoms with E-state index in [9.17, 15) is 8.42 Å². The van der Waals surface area contributed by atoms with E-state index in [1.54, 1.807) is 0 Å². The van der Waals surface area contributed by atoms with E-state index in [0.29, 0.717) is 24.3 Å². The Morgan fingerprint density at radius 2 is 1.71 bits per heavy atom. The Bertz CT molecular complexity index is 382. The van der Waals surface area contributed by atoms with Crippen LogP contribution in [0.1, 0.15) is 32.1 Å². The van der Waals surface area contributed by atoms with Crippen molar-refractivity contribution in [2.75, 3.05) is 19.6 Å². The van der Waals surface area contributed by atoms with E-state index in [1.807, 2.05) is 0 Å². The number of sulfonamides is 1. The molecule has 2 N–H and O–H groups in total. The zero-order valence-corrected chi connectivity index (χ0v) is 11.0. The third-order valence-corrected chi connectivity index (χ3v) is 6.84. The molecule has 1 aliphatic carbocycles. The SMILES string of the molecule is O=S1(=O)NCC2CNCC2C2CCCCCC21. The van der Waals surface area contributed by atoms with Crippen molar-refractivity contribution in [3.8, 4) is 0 Å². The van der Waals surface area contributed by atoms with Crippen LogP contribution in [0, 0.1) is 17.8 Å². The number of hydrogen-bond donors (Lipinski definition) is 2. The van der Waals surface area contributed by atoms with Gasteiger partial charge in [-0.05, 0) is 43.7 Å². The minimum Gasteiger partial charge on any atom is -0.316 e. The van der Waals surface area contributed by atoms with Crippen LogP contribution < -0.4 is 10.0 Å². The van der Waals surface area contributed by atoms with Gasteiger partial charge in [0.2, 0.25) is 10.0 Å². The van der Waals surface area contributed by atoms with E-state index in [1.165, 1.54) is 12.8 Å². The first-order valence-electron chi connectivity index (χ1n) is 6.88. The highest BCUT2D eigenvalue weighted by Gasteiger charge is 2.45. The third-order valence-electron chi connectivity index (χ3n) is 4.89. The lowest BCUT2D eigenvalue weighted by Crippen LogP contribution is -2.38. The molecule has 0 amide bonds. The molecule has 4 atom stereocenters. The molecule has 0 spiro atoms. The molecule has 1 saturated carbocycles. The molecule has 4 nitrogen and oxygen atoms in total. The normalized spacial score (nSPS) is 45.4. The number of rotatable bonds is 0. The Morgan fingerprint density at radius 1 is 0.882 bits per heavy atom. The number of nitrogens with one attached hydrogen (secondary N) is 2. The summed E-state index contributed by atoms with van der Waals surface area (Å²) in [5.41, 5.74) is 0. The van der Waals surface area contributed by atoms with Crippen LogP contribution in [0.25, 0.3) is 0 Å². The second-order valence-electron chi connectivity index (χ2n) is 5.82. The van der Waals surface area contributed by atoms with Crippen LogP contribution in [0.4, 0.5) is 0 Å². The summed E-state index contributed by atoms with van der Waals surface area (Å²) in [6.45, 7) is 2.65. The molecule has 3 fully saturated rings. The molecule has 0 bridgehead atoms. The molecular formula is C12H22N2O2S. The molecule has 3 rings (SSSR count). The van der Waals surface area contributed by atoms with Crippen molar-refractivity contribution >= 4 is 10.0 Å². The lowest BCUT2D eigenvalue weighted by molar-refractivity contribution is 0.269. The molecule has 4 unspecified atom stereocenters. The van der Waals surface area contributed by atoms with Gasteiger partial charge in [-0.1, -0.05) is 19.3 Å². The second kappa shape index (κ2) is 4.52. The minimum absolute atomic E-state index is 0.125. The fourth-order valence-corrected chi connectivity index (χ4v) is 5.92. The average molecular weight is 258 g/mol. The molecule has 2 saturated heterocycles. The van der Waals surface area contributed by atoms with E-state index < -0.39 is 10.0 Å². The Labute approximate surface area is 104 Å². The van der Waals surface area contributed by atoms with Gasteiger partial charge in [0, 0.05) is 6.54 Å². The minimum atomic E-state index is -3.06. The fraction of sp³-hybridized carbons (Fsp3) is 1.00. The van der Waals surface area contributed by atoms with Crippen molar-refractivity contribution in [1.29, 1.82) is 0 Å². The fourth-order valence-electron chi connectivity index (χ4n) is 3.99. The van der Waals surface area contributed by atoms with Gasteiger partial charge in [-0.3, -0.25) is 0 Å². The zero-order chi connectivity index (χ0) is 11.9. The first-order valence-corrected chi connectivity index (χ1v) is 8.42. The quantitative estimate of drug-likeness (QED) is 0.672. The van der Waals surface area contributed by atoms with Crippen molar-refractivity contribution in [3.63, 3.8) is 0 Å². The summed E-state index contributed by atoms with van der Waals surface area (Å²) in [5, 5.41) is 3.31.